The Labute approximate surface area is 194 Å². The van der Waals surface area contributed by atoms with Crippen LogP contribution in [0.4, 0.5) is 5.69 Å². The van der Waals surface area contributed by atoms with Gasteiger partial charge in [-0.2, -0.15) is 0 Å². The quantitative estimate of drug-likeness (QED) is 0.179. The number of aromatic hydroxyl groups is 1. The lowest BCUT2D eigenvalue weighted by atomic mass is 9.92. The zero-order valence-corrected chi connectivity index (χ0v) is 18.2. The second-order valence-corrected chi connectivity index (χ2v) is 8.28. The molecular formula is C23H25N3O8. The van der Waals surface area contributed by atoms with E-state index in [9.17, 15) is 24.3 Å². The number of carbonyl (C=O) groups is 4. The lowest BCUT2D eigenvalue weighted by Crippen LogP contribution is -2.19. The van der Waals surface area contributed by atoms with Gasteiger partial charge in [0, 0.05) is 54.8 Å². The van der Waals surface area contributed by atoms with Crippen LogP contribution in [0.3, 0.4) is 0 Å². The van der Waals surface area contributed by atoms with E-state index in [1.54, 1.807) is 6.07 Å². The molecule has 0 spiro atoms. The molecule has 3 saturated heterocycles. The van der Waals surface area contributed by atoms with Crippen LogP contribution in [0, 0.1) is 0 Å². The largest absolute Gasteiger partial charge is 0.508 e. The molecule has 0 aliphatic carbocycles. The highest BCUT2D eigenvalue weighted by Crippen LogP contribution is 2.37. The van der Waals surface area contributed by atoms with Crippen LogP contribution >= 0.6 is 0 Å². The van der Waals surface area contributed by atoms with Gasteiger partial charge in [0.1, 0.15) is 5.75 Å². The maximum atomic E-state index is 10.3. The third-order valence-electron chi connectivity index (χ3n) is 5.44. The molecule has 5 aliphatic heterocycles. The molecule has 0 saturated carbocycles. The van der Waals surface area contributed by atoms with E-state index in [2.05, 4.69) is 0 Å². The van der Waals surface area contributed by atoms with Crippen LogP contribution in [0.1, 0.15) is 16.7 Å². The van der Waals surface area contributed by atoms with Crippen molar-refractivity contribution in [1.82, 2.24) is 10.6 Å². The van der Waals surface area contributed by atoms with Gasteiger partial charge in [-0.15, -0.1) is 0 Å². The number of carbonyl (C=O) groups excluding carboxylic acids is 4. The molecule has 11 nitrogen and oxygen atoms in total. The second kappa shape index (κ2) is 10.2. The van der Waals surface area contributed by atoms with Gasteiger partial charge < -0.3 is 25.1 Å². The zero-order valence-electron chi connectivity index (χ0n) is 18.2. The molecule has 3 fully saturated rings. The summed E-state index contributed by atoms with van der Waals surface area (Å²) in [7, 11) is 0. The normalized spacial score (nSPS) is 25.1. The minimum Gasteiger partial charge on any atom is -0.508 e. The predicted octanol–water partition coefficient (Wildman–Crippen LogP) is -0.804. The molecule has 1 aromatic rings. The molecule has 0 radical (unpaired) electrons. The average molecular weight is 471 g/mol. The fourth-order valence-corrected chi connectivity index (χ4v) is 3.44. The summed E-state index contributed by atoms with van der Waals surface area (Å²) < 4.78 is 15.9. The monoisotopic (exact) mass is 471 g/mol. The molecule has 5 N–H and O–H groups in total. The summed E-state index contributed by atoms with van der Waals surface area (Å²) >= 11 is 0. The molecule has 3 atom stereocenters. The molecule has 180 valence electrons. The van der Waals surface area contributed by atoms with Crippen LogP contribution in [0.2, 0.25) is 0 Å². The Hall–Kier alpha value is -3.54. The number of nitrogens with one attached hydrogen (secondary N) is 2. The van der Waals surface area contributed by atoms with Crippen molar-refractivity contribution < 1.29 is 38.5 Å². The molecule has 3 unspecified atom stereocenters. The number of ether oxygens (including phenoxy) is 3. The van der Waals surface area contributed by atoms with E-state index in [0.29, 0.717) is 5.75 Å². The van der Waals surface area contributed by atoms with Crippen LogP contribution in [0.25, 0.3) is 0 Å². The number of epoxide rings is 3. The number of phenols is 1. The Morgan fingerprint density at radius 1 is 0.735 bits per heavy atom. The Bertz CT molecular complexity index is 1000. The van der Waals surface area contributed by atoms with Crippen LogP contribution in [0.15, 0.2) is 30.4 Å². The molecule has 34 heavy (non-hydrogen) atoms. The number of hydrogen-bond acceptors (Lipinski definition) is 9. The molecule has 6 rings (SSSR count). The molecule has 5 aliphatic rings. The summed E-state index contributed by atoms with van der Waals surface area (Å²) in [5, 5.41) is 14.4. The number of hydrogen-bond donors (Lipinski definition) is 4. The van der Waals surface area contributed by atoms with E-state index < -0.39 is 0 Å². The molecule has 1 aromatic carbocycles. The van der Waals surface area contributed by atoms with Crippen molar-refractivity contribution in [3.8, 4) is 5.75 Å². The van der Waals surface area contributed by atoms with Gasteiger partial charge >= 0.3 is 0 Å². The summed E-state index contributed by atoms with van der Waals surface area (Å²) in [6.45, 7) is 2.35. The fourth-order valence-electron chi connectivity index (χ4n) is 3.44. The van der Waals surface area contributed by atoms with E-state index in [4.69, 9.17) is 19.9 Å². The maximum Gasteiger partial charge on any atom is 0.250 e. The van der Waals surface area contributed by atoms with Gasteiger partial charge in [0.25, 0.3) is 23.6 Å². The van der Waals surface area contributed by atoms with Crippen LogP contribution < -0.4 is 16.4 Å². The first-order chi connectivity index (χ1) is 16.3. The summed E-state index contributed by atoms with van der Waals surface area (Å²) in [6, 6.07) is 1.80. The lowest BCUT2D eigenvalue weighted by Gasteiger charge is -2.17. The fraction of sp³-hybridized carbons (Fsp3) is 0.391. The van der Waals surface area contributed by atoms with Crippen molar-refractivity contribution in [3.63, 3.8) is 0 Å². The average Bonchev–Trinajstić information content (AvgIpc) is 3.68. The summed E-state index contributed by atoms with van der Waals surface area (Å²) in [5.74, 6) is -0.981. The predicted molar refractivity (Wildman–Crippen MR) is 117 cm³/mol. The molecular weight excluding hydrogens is 446 g/mol. The Kier molecular flexibility index (Phi) is 7.06. The van der Waals surface area contributed by atoms with Crippen LogP contribution in [-0.4, -0.2) is 66.9 Å². The number of rotatable bonds is 6. The van der Waals surface area contributed by atoms with Gasteiger partial charge in [-0.1, -0.05) is 0 Å². The number of imide groups is 2. The third-order valence-corrected chi connectivity index (χ3v) is 5.44. The summed E-state index contributed by atoms with van der Waals surface area (Å²) in [4.78, 5) is 40.1. The summed E-state index contributed by atoms with van der Waals surface area (Å²) in [5.41, 5.74) is 10.1. The summed E-state index contributed by atoms with van der Waals surface area (Å²) in [6.07, 6.45) is 7.83. The van der Waals surface area contributed by atoms with E-state index >= 15 is 0 Å². The number of phenolic OH excluding ortho intramolecular Hbond substituents is 1. The van der Waals surface area contributed by atoms with Crippen molar-refractivity contribution in [1.29, 1.82) is 0 Å². The molecule has 0 aromatic heterocycles. The first kappa shape index (κ1) is 23.6. The van der Waals surface area contributed by atoms with E-state index in [1.807, 2.05) is 10.6 Å². The second-order valence-electron chi connectivity index (χ2n) is 8.28. The number of nitrogens with two attached hydrogens (primary N) is 1. The van der Waals surface area contributed by atoms with Gasteiger partial charge in [0.15, 0.2) is 0 Å². The third kappa shape index (κ3) is 6.98. The molecule has 11 heteroatoms. The van der Waals surface area contributed by atoms with Crippen molar-refractivity contribution in [2.75, 3.05) is 25.6 Å². The van der Waals surface area contributed by atoms with Crippen LogP contribution in [0.5, 0.6) is 5.75 Å². The van der Waals surface area contributed by atoms with Gasteiger partial charge in [-0.3, -0.25) is 29.8 Å². The van der Waals surface area contributed by atoms with Gasteiger partial charge in [0.05, 0.1) is 38.1 Å². The Balaban J connectivity index is 0.000000160. The highest BCUT2D eigenvalue weighted by atomic mass is 16.6. The van der Waals surface area contributed by atoms with E-state index in [-0.39, 0.29) is 41.9 Å². The van der Waals surface area contributed by atoms with Gasteiger partial charge in [-0.25, -0.2) is 0 Å². The number of anilines is 1. The minimum atomic E-state index is -0.329. The van der Waals surface area contributed by atoms with Crippen molar-refractivity contribution >= 4 is 29.3 Å². The smallest absolute Gasteiger partial charge is 0.250 e. The van der Waals surface area contributed by atoms with E-state index in [1.165, 1.54) is 24.3 Å². The highest BCUT2D eigenvalue weighted by molar-refractivity contribution is 6.13. The van der Waals surface area contributed by atoms with Crippen molar-refractivity contribution in [2.24, 2.45) is 0 Å². The zero-order chi connectivity index (χ0) is 24.2. The highest BCUT2D eigenvalue weighted by Gasteiger charge is 2.32. The first-order valence-corrected chi connectivity index (χ1v) is 10.8. The van der Waals surface area contributed by atoms with Crippen molar-refractivity contribution in [2.45, 2.75) is 37.6 Å². The number of benzene rings is 1. The first-order valence-electron chi connectivity index (χ1n) is 10.8. The van der Waals surface area contributed by atoms with E-state index in [0.717, 1.165) is 61.5 Å². The van der Waals surface area contributed by atoms with Gasteiger partial charge in [-0.05, 0) is 17.2 Å². The number of nitrogen functional groups attached to an aromatic ring is 1. The topological polar surface area (TPSA) is 176 Å². The van der Waals surface area contributed by atoms with Crippen molar-refractivity contribution in [3.05, 3.63) is 47.1 Å². The van der Waals surface area contributed by atoms with Crippen LogP contribution in [-0.2, 0) is 52.7 Å². The van der Waals surface area contributed by atoms with Gasteiger partial charge in [0.2, 0.25) is 0 Å². The Morgan fingerprint density at radius 2 is 1.12 bits per heavy atom. The Morgan fingerprint density at radius 3 is 1.47 bits per heavy atom. The lowest BCUT2D eigenvalue weighted by molar-refractivity contribution is -0.125. The SMILES string of the molecule is Nc1c(CC2CO2)cc(O)c(CC2CO2)c1CC1CO1.O=C1C=CC(=O)N1.O=C1C=CC(=O)N1. The number of amides is 4. The standard InChI is InChI=1S/C15H19NO4.2C4H3NO2/c16-15-8(1-9-5-18-9)2-14(17)12(3-10-6-19-10)13(15)4-11-7-20-11;2*6-3-1-2-4(7)5-3/h2,9-11,17H,1,3-7,16H2;2*1-2H,(H,5,6,7). The minimum absolute atomic E-state index is 0.233. The molecule has 4 amide bonds. The molecule has 5 heterocycles. The maximum absolute atomic E-state index is 10.3. The molecule has 0 bridgehead atoms.